The van der Waals surface area contributed by atoms with Gasteiger partial charge in [-0.05, 0) is 44.0 Å². The normalized spacial score (nSPS) is 17.1. The Bertz CT molecular complexity index is 410. The summed E-state index contributed by atoms with van der Waals surface area (Å²) in [6, 6.07) is 5.46. The first-order valence-corrected chi connectivity index (χ1v) is 7.83. The van der Waals surface area contributed by atoms with E-state index in [1.54, 1.807) is 12.1 Å². The molecule has 1 aliphatic rings. The standard InChI is InChI=1S/C16H24ClFN2/c1-12(2)10-20(13-6-8-19-9-7-13)11-14-15(17)4-3-5-16(14)18/h3-5,12-13,19H,6-11H2,1-2H3. The molecule has 0 spiro atoms. The van der Waals surface area contributed by atoms with E-state index in [1.807, 2.05) is 0 Å². The first-order valence-electron chi connectivity index (χ1n) is 7.45. The van der Waals surface area contributed by atoms with E-state index in [4.69, 9.17) is 11.6 Å². The molecule has 4 heteroatoms. The van der Waals surface area contributed by atoms with Crippen LogP contribution in [-0.4, -0.2) is 30.6 Å². The summed E-state index contributed by atoms with van der Waals surface area (Å²) in [6.07, 6.45) is 2.25. The van der Waals surface area contributed by atoms with Gasteiger partial charge >= 0.3 is 0 Å². The molecule has 0 bridgehead atoms. The van der Waals surface area contributed by atoms with Crippen molar-refractivity contribution in [2.24, 2.45) is 5.92 Å². The van der Waals surface area contributed by atoms with Crippen molar-refractivity contribution in [3.05, 3.63) is 34.6 Å². The maximum absolute atomic E-state index is 14.0. The van der Waals surface area contributed by atoms with Gasteiger partial charge in [0.15, 0.2) is 0 Å². The van der Waals surface area contributed by atoms with Crippen LogP contribution in [0.4, 0.5) is 4.39 Å². The third kappa shape index (κ3) is 4.18. The Morgan fingerprint density at radius 3 is 2.65 bits per heavy atom. The fraction of sp³-hybridized carbons (Fsp3) is 0.625. The van der Waals surface area contributed by atoms with Gasteiger partial charge in [-0.15, -0.1) is 0 Å². The molecule has 1 aromatic carbocycles. The van der Waals surface area contributed by atoms with Gasteiger partial charge in [0, 0.05) is 29.7 Å². The number of halogens is 2. The Kier molecular flexibility index (Phi) is 5.82. The average Bonchev–Trinajstić information content (AvgIpc) is 2.42. The number of nitrogens with zero attached hydrogens (tertiary/aromatic N) is 1. The molecule has 2 rings (SSSR count). The molecule has 0 amide bonds. The van der Waals surface area contributed by atoms with E-state index in [0.717, 1.165) is 32.5 Å². The van der Waals surface area contributed by atoms with Crippen molar-refractivity contribution in [3.8, 4) is 0 Å². The van der Waals surface area contributed by atoms with Crippen LogP contribution < -0.4 is 5.32 Å². The molecule has 1 N–H and O–H groups in total. The third-order valence-electron chi connectivity index (χ3n) is 3.85. The molecule has 0 unspecified atom stereocenters. The van der Waals surface area contributed by atoms with Gasteiger partial charge in [-0.2, -0.15) is 0 Å². The predicted molar refractivity (Wildman–Crippen MR) is 82.5 cm³/mol. The summed E-state index contributed by atoms with van der Waals surface area (Å²) >= 11 is 6.17. The van der Waals surface area contributed by atoms with Gasteiger partial charge in [0.1, 0.15) is 5.82 Å². The number of nitrogens with one attached hydrogen (secondary N) is 1. The fourth-order valence-corrected chi connectivity index (χ4v) is 3.09. The van der Waals surface area contributed by atoms with Gasteiger partial charge < -0.3 is 5.32 Å². The van der Waals surface area contributed by atoms with Crippen LogP contribution in [0, 0.1) is 11.7 Å². The van der Waals surface area contributed by atoms with Crippen LogP contribution in [0.25, 0.3) is 0 Å². The summed E-state index contributed by atoms with van der Waals surface area (Å²) in [7, 11) is 0. The van der Waals surface area contributed by atoms with Crippen molar-refractivity contribution in [1.82, 2.24) is 10.2 Å². The molecule has 112 valence electrons. The Morgan fingerprint density at radius 2 is 2.05 bits per heavy atom. The minimum absolute atomic E-state index is 0.194. The molecule has 0 aromatic heterocycles. The minimum Gasteiger partial charge on any atom is -0.317 e. The number of benzene rings is 1. The highest BCUT2D eigenvalue weighted by Crippen LogP contribution is 2.24. The van der Waals surface area contributed by atoms with Crippen molar-refractivity contribution in [2.75, 3.05) is 19.6 Å². The summed E-state index contributed by atoms with van der Waals surface area (Å²) in [4.78, 5) is 2.40. The van der Waals surface area contributed by atoms with E-state index in [0.29, 0.717) is 29.1 Å². The van der Waals surface area contributed by atoms with E-state index in [9.17, 15) is 4.39 Å². The van der Waals surface area contributed by atoms with Crippen LogP contribution in [0.2, 0.25) is 5.02 Å². The van der Waals surface area contributed by atoms with Crippen LogP contribution in [0.15, 0.2) is 18.2 Å². The van der Waals surface area contributed by atoms with Crippen LogP contribution in [0.5, 0.6) is 0 Å². The molecular weight excluding hydrogens is 275 g/mol. The van der Waals surface area contributed by atoms with Gasteiger partial charge in [-0.25, -0.2) is 4.39 Å². The first-order chi connectivity index (χ1) is 9.58. The molecule has 1 fully saturated rings. The summed E-state index contributed by atoms with van der Waals surface area (Å²) in [5.41, 5.74) is 0.633. The quantitative estimate of drug-likeness (QED) is 0.892. The van der Waals surface area contributed by atoms with Gasteiger partial charge in [0.2, 0.25) is 0 Å². The Labute approximate surface area is 126 Å². The Hall–Kier alpha value is -0.640. The van der Waals surface area contributed by atoms with Gasteiger partial charge in [0.25, 0.3) is 0 Å². The second-order valence-electron chi connectivity index (χ2n) is 6.00. The molecule has 1 heterocycles. The van der Waals surface area contributed by atoms with Gasteiger partial charge in [0.05, 0.1) is 0 Å². The molecule has 1 aliphatic heterocycles. The highest BCUT2D eigenvalue weighted by atomic mass is 35.5. The number of rotatable bonds is 5. The van der Waals surface area contributed by atoms with Crippen molar-refractivity contribution >= 4 is 11.6 Å². The van der Waals surface area contributed by atoms with E-state index < -0.39 is 0 Å². The zero-order valence-electron chi connectivity index (χ0n) is 12.3. The van der Waals surface area contributed by atoms with E-state index in [2.05, 4.69) is 24.1 Å². The average molecular weight is 299 g/mol. The smallest absolute Gasteiger partial charge is 0.129 e. The lowest BCUT2D eigenvalue weighted by Crippen LogP contribution is -2.44. The summed E-state index contributed by atoms with van der Waals surface area (Å²) < 4.78 is 14.0. The van der Waals surface area contributed by atoms with E-state index in [-0.39, 0.29) is 5.82 Å². The minimum atomic E-state index is -0.194. The summed E-state index contributed by atoms with van der Waals surface area (Å²) in [5.74, 6) is 0.371. The Balaban J connectivity index is 2.14. The molecule has 0 aliphatic carbocycles. The number of hydrogen-bond acceptors (Lipinski definition) is 2. The van der Waals surface area contributed by atoms with Crippen LogP contribution in [0.1, 0.15) is 32.3 Å². The first kappa shape index (κ1) is 15.7. The van der Waals surface area contributed by atoms with E-state index in [1.165, 1.54) is 6.07 Å². The zero-order chi connectivity index (χ0) is 14.5. The van der Waals surface area contributed by atoms with Crippen LogP contribution in [-0.2, 0) is 6.54 Å². The van der Waals surface area contributed by atoms with Gasteiger partial charge in [-0.1, -0.05) is 31.5 Å². The molecule has 0 atom stereocenters. The van der Waals surface area contributed by atoms with Crippen molar-refractivity contribution < 1.29 is 4.39 Å². The lowest BCUT2D eigenvalue weighted by molar-refractivity contribution is 0.136. The van der Waals surface area contributed by atoms with E-state index >= 15 is 0 Å². The third-order valence-corrected chi connectivity index (χ3v) is 4.20. The van der Waals surface area contributed by atoms with Crippen LogP contribution >= 0.6 is 11.6 Å². The lowest BCUT2D eigenvalue weighted by Gasteiger charge is -2.36. The maximum Gasteiger partial charge on any atom is 0.129 e. The molecular formula is C16H24ClFN2. The number of piperidine rings is 1. The molecule has 20 heavy (non-hydrogen) atoms. The zero-order valence-corrected chi connectivity index (χ0v) is 13.1. The van der Waals surface area contributed by atoms with Crippen LogP contribution in [0.3, 0.4) is 0 Å². The maximum atomic E-state index is 14.0. The molecule has 0 saturated carbocycles. The summed E-state index contributed by atoms with van der Waals surface area (Å²) in [5, 5.41) is 3.92. The molecule has 0 radical (unpaired) electrons. The highest BCUT2D eigenvalue weighted by Gasteiger charge is 2.23. The summed E-state index contributed by atoms with van der Waals surface area (Å²) in [6.45, 7) is 8.09. The monoisotopic (exact) mass is 298 g/mol. The second kappa shape index (κ2) is 7.39. The topological polar surface area (TPSA) is 15.3 Å². The fourth-order valence-electron chi connectivity index (χ4n) is 2.87. The molecule has 1 aromatic rings. The largest absolute Gasteiger partial charge is 0.317 e. The lowest BCUT2D eigenvalue weighted by atomic mass is 10.0. The van der Waals surface area contributed by atoms with Crippen molar-refractivity contribution in [3.63, 3.8) is 0 Å². The molecule has 1 saturated heterocycles. The highest BCUT2D eigenvalue weighted by molar-refractivity contribution is 6.31. The Morgan fingerprint density at radius 1 is 1.35 bits per heavy atom. The van der Waals surface area contributed by atoms with Gasteiger partial charge in [-0.3, -0.25) is 4.90 Å². The van der Waals surface area contributed by atoms with Crippen molar-refractivity contribution in [2.45, 2.75) is 39.3 Å². The number of hydrogen-bond donors (Lipinski definition) is 1. The molecule has 2 nitrogen and oxygen atoms in total. The SMILES string of the molecule is CC(C)CN(Cc1c(F)cccc1Cl)C1CCNCC1. The second-order valence-corrected chi connectivity index (χ2v) is 6.41. The van der Waals surface area contributed by atoms with Crippen molar-refractivity contribution in [1.29, 1.82) is 0 Å². The predicted octanol–water partition coefficient (Wildman–Crippen LogP) is 3.69.